The predicted octanol–water partition coefficient (Wildman–Crippen LogP) is 4.16. The van der Waals surface area contributed by atoms with Gasteiger partial charge in [-0.15, -0.1) is 29.9 Å². The molecule has 190 valence electrons. The third kappa shape index (κ3) is 5.11. The second-order valence-electron chi connectivity index (χ2n) is 8.17. The molecule has 0 amide bonds. The summed E-state index contributed by atoms with van der Waals surface area (Å²) in [7, 11) is 0. The second kappa shape index (κ2) is 11.6. The molecule has 1 unspecified atom stereocenters. The van der Waals surface area contributed by atoms with E-state index < -0.39 is 18.6 Å². The fourth-order valence-electron chi connectivity index (χ4n) is 4.29. The molecule has 1 fully saturated rings. The number of hydrogen-bond acceptors (Lipinski definition) is 7. The van der Waals surface area contributed by atoms with Crippen LogP contribution in [0.5, 0.6) is 5.75 Å². The van der Waals surface area contributed by atoms with Gasteiger partial charge in [-0.2, -0.15) is 10.4 Å². The Kier molecular flexibility index (Phi) is 8.79. The minimum atomic E-state index is -1.09. The van der Waals surface area contributed by atoms with Crippen molar-refractivity contribution in [3.63, 3.8) is 0 Å². The van der Waals surface area contributed by atoms with Gasteiger partial charge in [0.1, 0.15) is 41.1 Å². The Hall–Kier alpha value is -3.33. The molecule has 1 aliphatic rings. The van der Waals surface area contributed by atoms with Crippen LogP contribution >= 0.6 is 24.8 Å². The van der Waals surface area contributed by atoms with E-state index in [1.807, 2.05) is 11.6 Å². The highest BCUT2D eigenvalue weighted by Crippen LogP contribution is 2.34. The average Bonchev–Trinajstić information content (AvgIpc) is 3.46. The average molecular weight is 537 g/mol. The highest BCUT2D eigenvalue weighted by molar-refractivity contribution is 5.85. The highest BCUT2D eigenvalue weighted by atomic mass is 35.5. The van der Waals surface area contributed by atoms with Crippen LogP contribution in [0.15, 0.2) is 36.8 Å². The van der Waals surface area contributed by atoms with Crippen LogP contribution in [-0.4, -0.2) is 49.4 Å². The van der Waals surface area contributed by atoms with E-state index in [-0.39, 0.29) is 47.9 Å². The molecule has 4 aromatic heterocycles. The molecule has 5 heterocycles. The molecule has 5 rings (SSSR count). The first-order chi connectivity index (χ1) is 16.6. The molecule has 1 atom stereocenters. The van der Waals surface area contributed by atoms with Crippen molar-refractivity contribution < 1.29 is 13.5 Å². The Morgan fingerprint density at radius 1 is 1.25 bits per heavy atom. The zero-order valence-electron chi connectivity index (χ0n) is 19.3. The third-order valence-electron chi connectivity index (χ3n) is 6.04. The van der Waals surface area contributed by atoms with Crippen molar-refractivity contribution in [2.75, 3.05) is 19.8 Å². The maximum absolute atomic E-state index is 14.0. The molecule has 0 radical (unpaired) electrons. The second-order valence-corrected chi connectivity index (χ2v) is 8.17. The maximum Gasteiger partial charge on any atom is 0.169 e. The molecule has 0 aromatic carbocycles. The molecule has 36 heavy (non-hydrogen) atoms. The molecule has 0 spiro atoms. The first-order valence-corrected chi connectivity index (χ1v) is 11.0. The number of hydrogen-bond donors (Lipinski definition) is 1. The fourth-order valence-corrected chi connectivity index (χ4v) is 4.29. The molecule has 13 heteroatoms. The van der Waals surface area contributed by atoms with Crippen LogP contribution in [0, 0.1) is 24.1 Å². The summed E-state index contributed by atoms with van der Waals surface area (Å²) in [6, 6.07) is 6.62. The zero-order valence-corrected chi connectivity index (χ0v) is 20.9. The largest absolute Gasteiger partial charge is 0.479 e. The molecule has 1 N–H and O–H groups in total. The van der Waals surface area contributed by atoms with E-state index in [1.54, 1.807) is 12.3 Å². The molecule has 0 aliphatic carbocycles. The molecule has 1 saturated heterocycles. The van der Waals surface area contributed by atoms with Gasteiger partial charge in [-0.3, -0.25) is 4.98 Å². The lowest BCUT2D eigenvalue weighted by Crippen LogP contribution is -2.30. The van der Waals surface area contributed by atoms with Gasteiger partial charge in [0, 0.05) is 11.8 Å². The van der Waals surface area contributed by atoms with Gasteiger partial charge >= 0.3 is 0 Å². The van der Waals surface area contributed by atoms with E-state index in [4.69, 9.17) is 4.74 Å². The van der Waals surface area contributed by atoms with Crippen molar-refractivity contribution >= 4 is 30.3 Å². The molecule has 9 nitrogen and oxygen atoms in total. The third-order valence-corrected chi connectivity index (χ3v) is 6.04. The Bertz CT molecular complexity index is 1360. The minimum Gasteiger partial charge on any atom is -0.479 e. The summed E-state index contributed by atoms with van der Waals surface area (Å²) in [5.41, 5.74) is 3.12. The van der Waals surface area contributed by atoms with Gasteiger partial charge in [-0.25, -0.2) is 18.0 Å². The quantitative estimate of drug-likeness (QED) is 0.394. The summed E-state index contributed by atoms with van der Waals surface area (Å²) in [6.45, 7) is 2.92. The van der Waals surface area contributed by atoms with Crippen LogP contribution in [0.25, 0.3) is 16.8 Å². The van der Waals surface area contributed by atoms with Gasteiger partial charge in [-0.05, 0) is 51.1 Å². The number of nitriles is 1. The van der Waals surface area contributed by atoms with Gasteiger partial charge in [0.25, 0.3) is 0 Å². The van der Waals surface area contributed by atoms with E-state index in [2.05, 4.69) is 31.8 Å². The van der Waals surface area contributed by atoms with Crippen molar-refractivity contribution in [3.8, 4) is 23.1 Å². The van der Waals surface area contributed by atoms with Crippen molar-refractivity contribution in [1.82, 2.24) is 34.9 Å². The van der Waals surface area contributed by atoms with E-state index in [0.29, 0.717) is 16.8 Å². The number of aromatic nitrogens is 6. The normalized spacial score (nSPS) is 14.5. The Morgan fingerprint density at radius 2 is 2.03 bits per heavy atom. The maximum atomic E-state index is 14.0. The van der Waals surface area contributed by atoms with Crippen molar-refractivity contribution in [1.29, 1.82) is 5.26 Å². The Labute approximate surface area is 218 Å². The summed E-state index contributed by atoms with van der Waals surface area (Å²) < 4.78 is 36.7. The van der Waals surface area contributed by atoms with E-state index in [1.165, 1.54) is 22.8 Å². The smallest absolute Gasteiger partial charge is 0.169 e. The molecular weight excluding hydrogens is 513 g/mol. The number of pyridine rings is 2. The summed E-state index contributed by atoms with van der Waals surface area (Å²) in [6.07, 6.45) is 5.01. The summed E-state index contributed by atoms with van der Waals surface area (Å²) in [5, 5.41) is 26.0. The predicted molar refractivity (Wildman–Crippen MR) is 133 cm³/mol. The monoisotopic (exact) mass is 536 g/mol. The van der Waals surface area contributed by atoms with E-state index in [0.717, 1.165) is 37.8 Å². The molecule has 0 bridgehead atoms. The van der Waals surface area contributed by atoms with Crippen molar-refractivity contribution in [2.45, 2.75) is 31.9 Å². The lowest BCUT2D eigenvalue weighted by molar-refractivity contribution is 0.164. The number of nitrogens with one attached hydrogen (secondary N) is 1. The number of alkyl halides is 1. The van der Waals surface area contributed by atoms with Crippen LogP contribution in [0.3, 0.4) is 0 Å². The van der Waals surface area contributed by atoms with Crippen LogP contribution in [0.1, 0.15) is 41.9 Å². The van der Waals surface area contributed by atoms with Crippen molar-refractivity contribution in [3.05, 3.63) is 59.6 Å². The van der Waals surface area contributed by atoms with Gasteiger partial charge in [0.15, 0.2) is 6.10 Å². The van der Waals surface area contributed by atoms with E-state index in [9.17, 15) is 14.0 Å². The topological polar surface area (TPSA) is 106 Å². The lowest BCUT2D eigenvalue weighted by atomic mass is 10.1. The summed E-state index contributed by atoms with van der Waals surface area (Å²) in [5.74, 6) is -0.281. The molecule has 0 saturated carbocycles. The number of halogens is 4. The van der Waals surface area contributed by atoms with Crippen molar-refractivity contribution in [2.24, 2.45) is 0 Å². The van der Waals surface area contributed by atoms with Gasteiger partial charge in [0.2, 0.25) is 0 Å². The Morgan fingerprint density at radius 3 is 2.69 bits per heavy atom. The van der Waals surface area contributed by atoms with Crippen LogP contribution in [-0.2, 0) is 0 Å². The summed E-state index contributed by atoms with van der Waals surface area (Å²) >= 11 is 0. The first kappa shape index (κ1) is 27.3. The number of fused-ring (bicyclic) bond motifs is 1. The summed E-state index contributed by atoms with van der Waals surface area (Å²) in [4.78, 5) is 3.95. The van der Waals surface area contributed by atoms with Crippen LogP contribution in [0.4, 0.5) is 8.78 Å². The van der Waals surface area contributed by atoms with Gasteiger partial charge in [0.05, 0.1) is 29.8 Å². The standard InChI is InChI=1S/C23H22F2N8O.2ClH/c1-14-22(30-31-33(14)18-4-6-27-7-5-18)15-8-20(23-16(10-26)11-29-32(23)13-15)34-21(9-24)19-3-2-17(25)12-28-19;;/h2-3,8,11-13,18,21,27H,4-7,9H2,1H3;2*1H. The lowest BCUT2D eigenvalue weighted by Gasteiger charge is -2.23. The molecule has 1 aliphatic heterocycles. The molecular formula is C23H24Cl2F2N8O. The fraction of sp³-hybridized carbons (Fsp3) is 0.348. The zero-order chi connectivity index (χ0) is 23.7. The van der Waals surface area contributed by atoms with Crippen LogP contribution < -0.4 is 10.1 Å². The SMILES string of the molecule is Cc1c(-c2cc(OC(CF)c3ccc(F)cn3)c3c(C#N)cnn3c2)nnn1C1CCNCC1.Cl.Cl. The number of rotatable bonds is 6. The Balaban J connectivity index is 0.00000180. The minimum absolute atomic E-state index is 0. The van der Waals surface area contributed by atoms with Gasteiger partial charge < -0.3 is 10.1 Å². The first-order valence-electron chi connectivity index (χ1n) is 11.0. The number of ether oxygens (including phenoxy) is 1. The number of nitrogens with zero attached hydrogens (tertiary/aromatic N) is 7. The molecule has 4 aromatic rings. The van der Waals surface area contributed by atoms with Gasteiger partial charge in [-0.1, -0.05) is 5.21 Å². The highest BCUT2D eigenvalue weighted by Gasteiger charge is 2.24. The number of piperidine rings is 1. The van der Waals surface area contributed by atoms with E-state index >= 15 is 0 Å². The van der Waals surface area contributed by atoms with Crippen LogP contribution in [0.2, 0.25) is 0 Å².